The first-order valence-corrected chi connectivity index (χ1v) is 11.8. The van der Waals surface area contributed by atoms with Crippen molar-refractivity contribution < 1.29 is 38.3 Å². The maximum absolute atomic E-state index is 12.8. The molecular weight excluding hydrogens is 490 g/mol. The summed E-state index contributed by atoms with van der Waals surface area (Å²) in [5.41, 5.74) is 2.69. The zero-order valence-corrected chi connectivity index (χ0v) is 22.4. The molecule has 2 N–H and O–H groups in total. The van der Waals surface area contributed by atoms with Gasteiger partial charge in [-0.3, -0.25) is 4.79 Å². The molecule has 9 nitrogen and oxygen atoms in total. The van der Waals surface area contributed by atoms with E-state index >= 15 is 0 Å². The van der Waals surface area contributed by atoms with E-state index in [0.717, 1.165) is 5.56 Å². The molecule has 0 heterocycles. The number of ether oxygens (including phenoxy) is 6. The molecule has 0 aliphatic heterocycles. The number of carbonyl (C=O) groups is 1. The highest BCUT2D eigenvalue weighted by molar-refractivity contribution is 5.97. The monoisotopic (exact) mass is 523 g/mol. The van der Waals surface area contributed by atoms with E-state index in [0.29, 0.717) is 57.9 Å². The van der Waals surface area contributed by atoms with Crippen molar-refractivity contribution in [2.24, 2.45) is 0 Å². The van der Waals surface area contributed by atoms with Crippen LogP contribution in [-0.4, -0.2) is 60.1 Å². The number of rotatable bonds is 13. The number of Topliss-reactive ketones (excluding diaryl/α,β-unsaturated/α-hetero) is 1. The normalized spacial score (nSPS) is 10.7. The quantitative estimate of drug-likeness (QED) is 0.175. The van der Waals surface area contributed by atoms with Crippen molar-refractivity contribution in [3.8, 4) is 40.2 Å². The van der Waals surface area contributed by atoms with Crippen LogP contribution in [0.2, 0.25) is 0 Å². The Balaban J connectivity index is 1.82. The van der Waals surface area contributed by atoms with Gasteiger partial charge in [0.25, 0.3) is 0 Å². The van der Waals surface area contributed by atoms with Gasteiger partial charge in [-0.15, -0.1) is 0 Å². The van der Waals surface area contributed by atoms with Gasteiger partial charge in [-0.2, -0.15) is 0 Å². The fourth-order valence-corrected chi connectivity index (χ4v) is 3.89. The lowest BCUT2D eigenvalue weighted by Crippen LogP contribution is -2.10. The van der Waals surface area contributed by atoms with Crippen LogP contribution in [0.15, 0.2) is 42.5 Å². The largest absolute Gasteiger partial charge is 0.504 e. The van der Waals surface area contributed by atoms with E-state index in [1.165, 1.54) is 14.2 Å². The zero-order chi connectivity index (χ0) is 27.7. The molecule has 0 amide bonds. The summed E-state index contributed by atoms with van der Waals surface area (Å²) in [5, 5.41) is 13.7. The molecular formula is C29H33NO8. The van der Waals surface area contributed by atoms with E-state index in [9.17, 15) is 9.90 Å². The van der Waals surface area contributed by atoms with E-state index < -0.39 is 0 Å². The van der Waals surface area contributed by atoms with Gasteiger partial charge in [0.2, 0.25) is 5.75 Å². The van der Waals surface area contributed by atoms with E-state index in [-0.39, 0.29) is 18.0 Å². The van der Waals surface area contributed by atoms with Gasteiger partial charge in [0.15, 0.2) is 40.3 Å². The summed E-state index contributed by atoms with van der Waals surface area (Å²) in [6.45, 7) is 0.353. The topological polar surface area (TPSA) is 105 Å². The predicted octanol–water partition coefficient (Wildman–Crippen LogP) is 5.30. The summed E-state index contributed by atoms with van der Waals surface area (Å²) in [6, 6.07) is 12.0. The lowest BCUT2D eigenvalue weighted by molar-refractivity contribution is 0.0986. The molecule has 0 saturated carbocycles. The Kier molecular flexibility index (Phi) is 9.70. The van der Waals surface area contributed by atoms with Crippen LogP contribution in [0.3, 0.4) is 0 Å². The molecule has 0 atom stereocenters. The number of anilines is 1. The zero-order valence-electron chi connectivity index (χ0n) is 22.4. The molecule has 0 aromatic heterocycles. The van der Waals surface area contributed by atoms with Gasteiger partial charge in [-0.05, 0) is 42.0 Å². The minimum atomic E-state index is -0.0567. The molecule has 3 aromatic rings. The summed E-state index contributed by atoms with van der Waals surface area (Å²) < 4.78 is 32.1. The molecule has 38 heavy (non-hydrogen) atoms. The Bertz CT molecular complexity index is 1280. The Morgan fingerprint density at radius 1 is 0.737 bits per heavy atom. The average Bonchev–Trinajstić information content (AvgIpc) is 2.95. The third-order valence-corrected chi connectivity index (χ3v) is 5.87. The third kappa shape index (κ3) is 6.42. The molecule has 3 rings (SSSR count). The number of aromatic hydroxyl groups is 1. The van der Waals surface area contributed by atoms with E-state index in [1.807, 2.05) is 24.3 Å². The predicted molar refractivity (Wildman–Crippen MR) is 147 cm³/mol. The van der Waals surface area contributed by atoms with Crippen molar-refractivity contribution in [3.05, 3.63) is 59.2 Å². The van der Waals surface area contributed by atoms with E-state index in [1.54, 1.807) is 58.8 Å². The molecule has 9 heteroatoms. The second kappa shape index (κ2) is 13.1. The Morgan fingerprint density at radius 3 is 1.95 bits per heavy atom. The van der Waals surface area contributed by atoms with Crippen molar-refractivity contribution in [1.29, 1.82) is 0 Å². The van der Waals surface area contributed by atoms with Crippen LogP contribution in [0, 0.1) is 0 Å². The van der Waals surface area contributed by atoms with Gasteiger partial charge in [-0.1, -0.05) is 12.2 Å². The summed E-state index contributed by atoms with van der Waals surface area (Å²) >= 11 is 0. The van der Waals surface area contributed by atoms with Crippen molar-refractivity contribution in [2.75, 3.05) is 54.5 Å². The van der Waals surface area contributed by atoms with Crippen LogP contribution in [0.4, 0.5) is 5.69 Å². The minimum absolute atomic E-state index is 0.0102. The maximum atomic E-state index is 12.8. The van der Waals surface area contributed by atoms with E-state index in [2.05, 4.69) is 5.32 Å². The fourth-order valence-electron chi connectivity index (χ4n) is 3.89. The fraction of sp³-hybridized carbons (Fsp3) is 0.276. The number of phenolic OH excluding ortho intramolecular Hbond substituents is 1. The highest BCUT2D eigenvalue weighted by atomic mass is 16.5. The molecule has 0 radical (unpaired) electrons. The highest BCUT2D eigenvalue weighted by Crippen LogP contribution is 2.39. The van der Waals surface area contributed by atoms with Gasteiger partial charge in [0.05, 0.1) is 42.7 Å². The second-order valence-electron chi connectivity index (χ2n) is 8.07. The number of ketones is 1. The molecule has 0 bridgehead atoms. The number of hydrogen-bond acceptors (Lipinski definition) is 9. The Labute approximate surface area is 222 Å². The molecule has 0 unspecified atom stereocenters. The first-order valence-electron chi connectivity index (χ1n) is 11.8. The highest BCUT2D eigenvalue weighted by Gasteiger charge is 2.14. The number of benzene rings is 3. The van der Waals surface area contributed by atoms with Crippen molar-refractivity contribution >= 4 is 23.6 Å². The molecule has 0 saturated heterocycles. The van der Waals surface area contributed by atoms with Gasteiger partial charge in [0, 0.05) is 35.8 Å². The maximum Gasteiger partial charge on any atom is 0.203 e. The smallest absolute Gasteiger partial charge is 0.203 e. The lowest BCUT2D eigenvalue weighted by Gasteiger charge is -2.14. The number of hydrogen-bond donors (Lipinski definition) is 2. The van der Waals surface area contributed by atoms with Crippen LogP contribution in [0.5, 0.6) is 40.2 Å². The summed E-state index contributed by atoms with van der Waals surface area (Å²) in [7, 11) is 9.20. The van der Waals surface area contributed by atoms with Gasteiger partial charge in [-0.25, -0.2) is 0 Å². The summed E-state index contributed by atoms with van der Waals surface area (Å²) in [5.74, 6) is 2.84. The molecule has 0 aliphatic carbocycles. The first-order chi connectivity index (χ1) is 18.4. The average molecular weight is 524 g/mol. The molecule has 0 aliphatic rings. The number of phenols is 1. The van der Waals surface area contributed by atoms with Crippen LogP contribution >= 0.6 is 0 Å². The standard InChI is InChI=1S/C29H33NO8/c1-33-24-10-9-20(16-26(24)35-3)22(31)11-12-30-21-17-25(34-2)23(32)15-19(21)8-7-18-13-27(36-4)29(38-6)28(14-18)37-5/h7-10,13-17,30,32H,11-12H2,1-6H3/b8-7-. The third-order valence-electron chi connectivity index (χ3n) is 5.87. The van der Waals surface area contributed by atoms with Crippen molar-refractivity contribution in [3.63, 3.8) is 0 Å². The van der Waals surface area contributed by atoms with Gasteiger partial charge >= 0.3 is 0 Å². The number of carbonyl (C=O) groups excluding carboxylic acids is 1. The van der Waals surface area contributed by atoms with Gasteiger partial charge in [0.1, 0.15) is 0 Å². The number of nitrogens with one attached hydrogen (secondary N) is 1. The van der Waals surface area contributed by atoms with Crippen LogP contribution in [-0.2, 0) is 0 Å². The molecule has 0 spiro atoms. The second-order valence-corrected chi connectivity index (χ2v) is 8.07. The van der Waals surface area contributed by atoms with Crippen LogP contribution in [0.25, 0.3) is 12.2 Å². The van der Waals surface area contributed by atoms with Crippen LogP contribution in [0.1, 0.15) is 27.9 Å². The molecule has 3 aromatic carbocycles. The van der Waals surface area contributed by atoms with Crippen molar-refractivity contribution in [2.45, 2.75) is 6.42 Å². The van der Waals surface area contributed by atoms with Crippen LogP contribution < -0.4 is 33.7 Å². The first kappa shape index (κ1) is 28.0. The molecule has 0 fully saturated rings. The van der Waals surface area contributed by atoms with E-state index in [4.69, 9.17) is 28.4 Å². The SMILES string of the molecule is COc1cc(NCCC(=O)c2ccc(OC)c(OC)c2)c(/C=C\c2cc(OC)c(OC)c(OC)c2)cc1O. The molecule has 202 valence electrons. The summed E-state index contributed by atoms with van der Waals surface area (Å²) in [4.78, 5) is 12.8. The summed E-state index contributed by atoms with van der Waals surface area (Å²) in [6.07, 6.45) is 3.92. The Hall–Kier alpha value is -4.53. The Morgan fingerprint density at radius 2 is 1.37 bits per heavy atom. The lowest BCUT2D eigenvalue weighted by atomic mass is 10.1. The van der Waals surface area contributed by atoms with Crippen molar-refractivity contribution in [1.82, 2.24) is 0 Å². The minimum Gasteiger partial charge on any atom is -0.504 e. The van der Waals surface area contributed by atoms with Gasteiger partial charge < -0.3 is 38.8 Å². The number of methoxy groups -OCH3 is 6.